The maximum Gasteiger partial charge on any atom is 0.228 e. The van der Waals surface area contributed by atoms with E-state index >= 15 is 0 Å². The molecule has 0 N–H and O–H groups in total. The lowest BCUT2D eigenvalue weighted by Crippen LogP contribution is -2.46. The van der Waals surface area contributed by atoms with E-state index in [9.17, 15) is 0 Å². The van der Waals surface area contributed by atoms with Crippen molar-refractivity contribution >= 4 is 5.95 Å². The average molecular weight is 250 g/mol. The van der Waals surface area contributed by atoms with Crippen LogP contribution in [-0.2, 0) is 0 Å². The van der Waals surface area contributed by atoms with Gasteiger partial charge in [0.25, 0.3) is 0 Å². The lowest BCUT2D eigenvalue weighted by Gasteiger charge is -2.37. The fraction of sp³-hybridized carbons (Fsp3) is 0.692. The van der Waals surface area contributed by atoms with E-state index in [1.54, 1.807) is 19.4 Å². The molecule has 2 rings (SSSR count). The first-order chi connectivity index (χ1) is 8.70. The van der Waals surface area contributed by atoms with Crippen molar-refractivity contribution in [2.24, 2.45) is 0 Å². The highest BCUT2D eigenvalue weighted by Crippen LogP contribution is 2.23. The van der Waals surface area contributed by atoms with Crippen LogP contribution in [-0.4, -0.2) is 55.2 Å². The van der Waals surface area contributed by atoms with Gasteiger partial charge in [-0.2, -0.15) is 4.98 Å². The van der Waals surface area contributed by atoms with Gasteiger partial charge in [-0.25, -0.2) is 4.98 Å². The minimum absolute atomic E-state index is 0.501. The van der Waals surface area contributed by atoms with Crippen LogP contribution in [0.4, 0.5) is 5.95 Å². The van der Waals surface area contributed by atoms with Crippen molar-refractivity contribution in [2.45, 2.75) is 25.3 Å². The van der Waals surface area contributed by atoms with Crippen LogP contribution in [0.3, 0.4) is 0 Å². The van der Waals surface area contributed by atoms with Gasteiger partial charge in [-0.3, -0.25) is 0 Å². The molecule has 0 aromatic carbocycles. The third-order valence-corrected chi connectivity index (χ3v) is 3.29. The fourth-order valence-electron chi connectivity index (χ4n) is 2.46. The number of hydrogen-bond donors (Lipinski definition) is 0. The van der Waals surface area contributed by atoms with Crippen molar-refractivity contribution in [1.82, 2.24) is 14.9 Å². The zero-order valence-corrected chi connectivity index (χ0v) is 11.5. The van der Waals surface area contributed by atoms with Gasteiger partial charge in [-0.1, -0.05) is 0 Å². The first-order valence-corrected chi connectivity index (χ1v) is 6.49. The van der Waals surface area contributed by atoms with Crippen molar-refractivity contribution < 1.29 is 4.74 Å². The van der Waals surface area contributed by atoms with Crippen molar-refractivity contribution in [1.29, 1.82) is 0 Å². The Labute approximate surface area is 109 Å². The molecule has 0 bridgehead atoms. The minimum atomic E-state index is 0.501. The standard InChI is InChI=1S/C13H22N4O/c1-16(2)10-11-6-4-5-9-17(11)13-14-8-7-12(15-13)18-3/h7-8,11H,4-6,9-10H2,1-3H3. The summed E-state index contributed by atoms with van der Waals surface area (Å²) in [5, 5.41) is 0. The third kappa shape index (κ3) is 3.10. The number of nitrogens with zero attached hydrogens (tertiary/aromatic N) is 4. The smallest absolute Gasteiger partial charge is 0.228 e. The Hall–Kier alpha value is -1.36. The molecule has 1 fully saturated rings. The summed E-state index contributed by atoms with van der Waals surface area (Å²) in [6, 6.07) is 2.29. The average Bonchev–Trinajstić information content (AvgIpc) is 2.39. The van der Waals surface area contributed by atoms with Gasteiger partial charge in [-0.05, 0) is 33.4 Å². The Kier molecular flexibility index (Phi) is 4.36. The summed E-state index contributed by atoms with van der Waals surface area (Å²) >= 11 is 0. The summed E-state index contributed by atoms with van der Waals surface area (Å²) < 4.78 is 5.17. The molecule has 5 nitrogen and oxygen atoms in total. The predicted molar refractivity (Wildman–Crippen MR) is 72.1 cm³/mol. The molecule has 1 aromatic heterocycles. The second-order valence-corrected chi connectivity index (χ2v) is 5.00. The molecule has 18 heavy (non-hydrogen) atoms. The molecule has 0 amide bonds. The highest BCUT2D eigenvalue weighted by molar-refractivity contribution is 5.34. The van der Waals surface area contributed by atoms with E-state index in [1.807, 2.05) is 0 Å². The van der Waals surface area contributed by atoms with Crippen molar-refractivity contribution in [2.75, 3.05) is 39.2 Å². The lowest BCUT2D eigenvalue weighted by atomic mass is 10.0. The normalized spacial score (nSPS) is 20.2. The van der Waals surface area contributed by atoms with Gasteiger partial charge in [0.15, 0.2) is 0 Å². The van der Waals surface area contributed by atoms with Gasteiger partial charge < -0.3 is 14.5 Å². The van der Waals surface area contributed by atoms with Crippen LogP contribution in [0.5, 0.6) is 5.88 Å². The fourth-order valence-corrected chi connectivity index (χ4v) is 2.46. The molecular weight excluding hydrogens is 228 g/mol. The van der Waals surface area contributed by atoms with Gasteiger partial charge >= 0.3 is 0 Å². The van der Waals surface area contributed by atoms with Crippen LogP contribution in [0.2, 0.25) is 0 Å². The number of aromatic nitrogens is 2. The van der Waals surface area contributed by atoms with E-state index in [1.165, 1.54) is 19.3 Å². The number of likely N-dealkylation sites (N-methyl/N-ethyl adjacent to an activating group) is 1. The van der Waals surface area contributed by atoms with E-state index in [-0.39, 0.29) is 0 Å². The molecule has 0 saturated carbocycles. The van der Waals surface area contributed by atoms with Crippen molar-refractivity contribution in [3.05, 3.63) is 12.3 Å². The van der Waals surface area contributed by atoms with E-state index in [0.717, 1.165) is 19.0 Å². The molecule has 1 aliphatic heterocycles. The Balaban J connectivity index is 2.16. The molecule has 1 aliphatic rings. The van der Waals surface area contributed by atoms with Gasteiger partial charge in [0.05, 0.1) is 7.11 Å². The molecule has 0 aliphatic carbocycles. The second kappa shape index (κ2) is 6.00. The van der Waals surface area contributed by atoms with E-state index in [4.69, 9.17) is 4.74 Å². The van der Waals surface area contributed by atoms with E-state index < -0.39 is 0 Å². The quantitative estimate of drug-likeness (QED) is 0.808. The van der Waals surface area contributed by atoms with Crippen LogP contribution >= 0.6 is 0 Å². The molecule has 5 heteroatoms. The topological polar surface area (TPSA) is 41.5 Å². The molecule has 1 atom stereocenters. The maximum atomic E-state index is 5.17. The maximum absolute atomic E-state index is 5.17. The largest absolute Gasteiger partial charge is 0.481 e. The lowest BCUT2D eigenvalue weighted by molar-refractivity contribution is 0.324. The van der Waals surface area contributed by atoms with Gasteiger partial charge in [-0.15, -0.1) is 0 Å². The highest BCUT2D eigenvalue weighted by Gasteiger charge is 2.25. The summed E-state index contributed by atoms with van der Waals surface area (Å²) in [7, 11) is 5.86. The van der Waals surface area contributed by atoms with Crippen LogP contribution in [0, 0.1) is 0 Å². The zero-order chi connectivity index (χ0) is 13.0. The highest BCUT2D eigenvalue weighted by atomic mass is 16.5. The summed E-state index contributed by atoms with van der Waals surface area (Å²) in [6.45, 7) is 2.08. The Bertz CT molecular complexity index is 383. The third-order valence-electron chi connectivity index (χ3n) is 3.29. The Morgan fingerprint density at radius 1 is 1.44 bits per heavy atom. The van der Waals surface area contributed by atoms with E-state index in [0.29, 0.717) is 11.9 Å². The number of ether oxygens (including phenoxy) is 1. The van der Waals surface area contributed by atoms with Crippen LogP contribution < -0.4 is 9.64 Å². The number of anilines is 1. The van der Waals surface area contributed by atoms with Crippen molar-refractivity contribution in [3.63, 3.8) is 0 Å². The van der Waals surface area contributed by atoms with Crippen molar-refractivity contribution in [3.8, 4) is 5.88 Å². The first-order valence-electron chi connectivity index (χ1n) is 6.49. The van der Waals surface area contributed by atoms with E-state index in [2.05, 4.69) is 33.9 Å². The Morgan fingerprint density at radius 3 is 3.00 bits per heavy atom. The van der Waals surface area contributed by atoms with Gasteiger partial charge in [0.2, 0.25) is 11.8 Å². The monoisotopic (exact) mass is 250 g/mol. The van der Waals surface area contributed by atoms with Gasteiger partial charge in [0.1, 0.15) is 0 Å². The second-order valence-electron chi connectivity index (χ2n) is 5.00. The molecule has 0 spiro atoms. The summed E-state index contributed by atoms with van der Waals surface area (Å²) in [5.41, 5.74) is 0. The van der Waals surface area contributed by atoms with Crippen LogP contribution in [0.15, 0.2) is 12.3 Å². The molecule has 1 unspecified atom stereocenters. The first kappa shape index (κ1) is 13.1. The van der Waals surface area contributed by atoms with Gasteiger partial charge in [0, 0.05) is 31.4 Å². The molecule has 0 radical (unpaired) electrons. The summed E-state index contributed by atoms with van der Waals surface area (Å²) in [4.78, 5) is 13.4. The number of rotatable bonds is 4. The molecule has 1 saturated heterocycles. The minimum Gasteiger partial charge on any atom is -0.481 e. The number of piperidine rings is 1. The zero-order valence-electron chi connectivity index (χ0n) is 11.5. The SMILES string of the molecule is COc1ccnc(N2CCCCC2CN(C)C)n1. The molecule has 2 heterocycles. The predicted octanol–water partition coefficient (Wildman–Crippen LogP) is 1.41. The molecule has 100 valence electrons. The molecule has 1 aromatic rings. The summed E-state index contributed by atoms with van der Waals surface area (Å²) in [6.07, 6.45) is 5.48. The molecular formula is C13H22N4O. The Morgan fingerprint density at radius 2 is 2.28 bits per heavy atom. The van der Waals surface area contributed by atoms with Crippen LogP contribution in [0.1, 0.15) is 19.3 Å². The number of methoxy groups -OCH3 is 1. The number of hydrogen-bond acceptors (Lipinski definition) is 5. The van der Waals surface area contributed by atoms with Crippen LogP contribution in [0.25, 0.3) is 0 Å². The summed E-state index contributed by atoms with van der Waals surface area (Å²) in [5.74, 6) is 1.43.